The highest BCUT2D eigenvalue weighted by Crippen LogP contribution is 2.15. The van der Waals surface area contributed by atoms with Gasteiger partial charge in [-0.15, -0.1) is 0 Å². The van der Waals surface area contributed by atoms with Crippen molar-refractivity contribution in [3.63, 3.8) is 0 Å². The molecule has 16 heavy (non-hydrogen) atoms. The molecule has 2 rings (SSSR count). The van der Waals surface area contributed by atoms with Gasteiger partial charge in [0.15, 0.2) is 6.29 Å². The van der Waals surface area contributed by atoms with E-state index in [0.29, 0.717) is 17.5 Å². The summed E-state index contributed by atoms with van der Waals surface area (Å²) in [5, 5.41) is 0.537. The number of nitrogens with one attached hydrogen (secondary N) is 1. The molecule has 0 aliphatic heterocycles. The van der Waals surface area contributed by atoms with Crippen LogP contribution in [0.4, 0.5) is 5.82 Å². The van der Waals surface area contributed by atoms with Crippen LogP contribution >= 0.6 is 0 Å². The van der Waals surface area contributed by atoms with Crippen LogP contribution in [0.2, 0.25) is 0 Å². The molecule has 0 spiro atoms. The van der Waals surface area contributed by atoms with E-state index < -0.39 is 0 Å². The smallest absolute Gasteiger partial charge is 0.202 e. The maximum atomic E-state index is 12.0. The van der Waals surface area contributed by atoms with Crippen LogP contribution in [0.3, 0.4) is 0 Å². The van der Waals surface area contributed by atoms with Gasteiger partial charge >= 0.3 is 0 Å². The van der Waals surface area contributed by atoms with Gasteiger partial charge in [-0.1, -0.05) is 12.1 Å². The SMILES string of the molecule is CN(C)c1[nH]c2ccccc2c(=O)c1C=O. The van der Waals surface area contributed by atoms with Gasteiger partial charge in [0.05, 0.1) is 5.52 Å². The van der Waals surface area contributed by atoms with E-state index in [-0.39, 0.29) is 11.0 Å². The number of pyridine rings is 1. The lowest BCUT2D eigenvalue weighted by Crippen LogP contribution is -2.20. The molecule has 82 valence electrons. The number of fused-ring (bicyclic) bond motifs is 1. The summed E-state index contributed by atoms with van der Waals surface area (Å²) in [4.78, 5) is 27.8. The molecule has 0 radical (unpaired) electrons. The first-order valence-corrected chi connectivity index (χ1v) is 4.92. The molecular formula is C12H12N2O2. The predicted octanol–water partition coefficient (Wildman–Crippen LogP) is 1.41. The molecule has 0 bridgehead atoms. The van der Waals surface area contributed by atoms with Gasteiger partial charge in [-0.05, 0) is 12.1 Å². The Morgan fingerprint density at radius 2 is 1.94 bits per heavy atom. The fraction of sp³-hybridized carbons (Fsp3) is 0.167. The van der Waals surface area contributed by atoms with E-state index in [1.165, 1.54) is 0 Å². The summed E-state index contributed by atoms with van der Waals surface area (Å²) in [5.41, 5.74) is 0.679. The Labute approximate surface area is 92.5 Å². The summed E-state index contributed by atoms with van der Waals surface area (Å²) in [6.45, 7) is 0. The molecular weight excluding hydrogens is 204 g/mol. The Morgan fingerprint density at radius 1 is 1.25 bits per heavy atom. The normalized spacial score (nSPS) is 10.4. The third-order valence-electron chi connectivity index (χ3n) is 2.49. The highest BCUT2D eigenvalue weighted by atomic mass is 16.1. The molecule has 0 amide bonds. The van der Waals surface area contributed by atoms with Gasteiger partial charge in [-0.25, -0.2) is 0 Å². The van der Waals surface area contributed by atoms with Crippen molar-refractivity contribution in [3.8, 4) is 0 Å². The number of hydrogen-bond donors (Lipinski definition) is 1. The molecule has 0 atom stereocenters. The van der Waals surface area contributed by atoms with Gasteiger partial charge in [0.2, 0.25) is 5.43 Å². The lowest BCUT2D eigenvalue weighted by Gasteiger charge is -2.15. The first-order valence-electron chi connectivity index (χ1n) is 4.92. The second-order valence-electron chi connectivity index (χ2n) is 3.77. The van der Waals surface area contributed by atoms with Crippen molar-refractivity contribution < 1.29 is 4.79 Å². The van der Waals surface area contributed by atoms with Gasteiger partial charge < -0.3 is 9.88 Å². The summed E-state index contributed by atoms with van der Waals surface area (Å²) >= 11 is 0. The average Bonchev–Trinajstić information content (AvgIpc) is 2.29. The van der Waals surface area contributed by atoms with E-state index >= 15 is 0 Å². The van der Waals surface area contributed by atoms with E-state index in [1.54, 1.807) is 31.1 Å². The second-order valence-corrected chi connectivity index (χ2v) is 3.77. The lowest BCUT2D eigenvalue weighted by atomic mass is 10.1. The van der Waals surface area contributed by atoms with E-state index in [2.05, 4.69) is 4.98 Å². The van der Waals surface area contributed by atoms with Crippen molar-refractivity contribution >= 4 is 23.0 Å². The number of aromatic amines is 1. The summed E-state index contributed by atoms with van der Waals surface area (Å²) in [6, 6.07) is 7.15. The van der Waals surface area contributed by atoms with Crippen LogP contribution in [0, 0.1) is 0 Å². The van der Waals surface area contributed by atoms with Crippen LogP contribution in [0.5, 0.6) is 0 Å². The largest absolute Gasteiger partial charge is 0.364 e. The fourth-order valence-corrected chi connectivity index (χ4v) is 1.70. The molecule has 4 nitrogen and oxygen atoms in total. The minimum absolute atomic E-state index is 0.170. The minimum atomic E-state index is -0.229. The van der Waals surface area contributed by atoms with Crippen molar-refractivity contribution in [3.05, 3.63) is 40.1 Å². The molecule has 0 fully saturated rings. The second kappa shape index (κ2) is 3.81. The number of anilines is 1. The third-order valence-corrected chi connectivity index (χ3v) is 2.49. The van der Waals surface area contributed by atoms with Crippen molar-refractivity contribution in [2.75, 3.05) is 19.0 Å². The summed E-state index contributed by atoms with van der Waals surface area (Å²) < 4.78 is 0. The van der Waals surface area contributed by atoms with Gasteiger partial charge in [-0.3, -0.25) is 9.59 Å². The number of para-hydroxylation sites is 1. The third kappa shape index (κ3) is 1.48. The van der Waals surface area contributed by atoms with Crippen molar-refractivity contribution in [2.24, 2.45) is 0 Å². The molecule has 1 N–H and O–H groups in total. The van der Waals surface area contributed by atoms with Crippen molar-refractivity contribution in [1.82, 2.24) is 4.98 Å². The van der Waals surface area contributed by atoms with Crippen LogP contribution in [0.25, 0.3) is 10.9 Å². The first-order chi connectivity index (χ1) is 7.65. The molecule has 2 aromatic rings. The Balaban J connectivity index is 2.93. The zero-order chi connectivity index (χ0) is 11.7. The number of nitrogens with zero attached hydrogens (tertiary/aromatic N) is 1. The number of carbonyl (C=O) groups excluding carboxylic acids is 1. The fourth-order valence-electron chi connectivity index (χ4n) is 1.70. The van der Waals surface area contributed by atoms with Crippen LogP contribution in [-0.4, -0.2) is 25.4 Å². The van der Waals surface area contributed by atoms with Crippen molar-refractivity contribution in [2.45, 2.75) is 0 Å². The number of rotatable bonds is 2. The van der Waals surface area contributed by atoms with E-state index in [1.807, 2.05) is 12.1 Å². The summed E-state index contributed by atoms with van der Waals surface area (Å²) in [6.07, 6.45) is 0.598. The number of H-pyrrole nitrogens is 1. The predicted molar refractivity (Wildman–Crippen MR) is 64.3 cm³/mol. The maximum absolute atomic E-state index is 12.0. The molecule has 1 heterocycles. The van der Waals surface area contributed by atoms with Crippen LogP contribution in [0.15, 0.2) is 29.1 Å². The Hall–Kier alpha value is -2.10. The molecule has 0 aliphatic carbocycles. The van der Waals surface area contributed by atoms with Gasteiger partial charge in [0.25, 0.3) is 0 Å². The molecule has 1 aromatic carbocycles. The highest BCUT2D eigenvalue weighted by Gasteiger charge is 2.11. The molecule has 0 aliphatic rings. The average molecular weight is 216 g/mol. The lowest BCUT2D eigenvalue weighted by molar-refractivity contribution is 0.112. The summed E-state index contributed by atoms with van der Waals surface area (Å²) in [7, 11) is 3.57. The minimum Gasteiger partial charge on any atom is -0.364 e. The highest BCUT2D eigenvalue weighted by molar-refractivity contribution is 5.91. The standard InChI is InChI=1S/C12H12N2O2/c1-14(2)12-9(7-15)11(16)8-5-3-4-6-10(8)13-12/h3-7H,1-2H3,(H,13,16). The molecule has 1 aromatic heterocycles. The van der Waals surface area contributed by atoms with E-state index in [0.717, 1.165) is 5.52 Å². The van der Waals surface area contributed by atoms with Gasteiger partial charge in [0.1, 0.15) is 11.4 Å². The molecule has 0 saturated carbocycles. The first kappa shape index (κ1) is 10.4. The van der Waals surface area contributed by atoms with Crippen LogP contribution < -0.4 is 10.3 Å². The number of aromatic nitrogens is 1. The van der Waals surface area contributed by atoms with Gasteiger partial charge in [0, 0.05) is 19.5 Å². The number of hydrogen-bond acceptors (Lipinski definition) is 3. The topological polar surface area (TPSA) is 53.2 Å². The molecule has 0 saturated heterocycles. The number of aldehydes is 1. The van der Waals surface area contributed by atoms with Crippen LogP contribution in [-0.2, 0) is 0 Å². The Kier molecular flexibility index (Phi) is 2.48. The number of carbonyl (C=O) groups is 1. The zero-order valence-corrected chi connectivity index (χ0v) is 9.15. The van der Waals surface area contributed by atoms with Gasteiger partial charge in [-0.2, -0.15) is 0 Å². The van der Waals surface area contributed by atoms with Crippen LogP contribution in [0.1, 0.15) is 10.4 Å². The zero-order valence-electron chi connectivity index (χ0n) is 9.15. The van der Waals surface area contributed by atoms with E-state index in [4.69, 9.17) is 0 Å². The summed E-state index contributed by atoms with van der Waals surface area (Å²) in [5.74, 6) is 0.540. The monoisotopic (exact) mass is 216 g/mol. The Bertz CT molecular complexity index is 599. The maximum Gasteiger partial charge on any atom is 0.202 e. The quantitative estimate of drug-likeness (QED) is 0.772. The van der Waals surface area contributed by atoms with E-state index in [9.17, 15) is 9.59 Å². The molecule has 4 heteroatoms. The Morgan fingerprint density at radius 3 is 2.56 bits per heavy atom. The van der Waals surface area contributed by atoms with Crippen molar-refractivity contribution in [1.29, 1.82) is 0 Å². The molecule has 0 unspecified atom stereocenters. The number of benzene rings is 1.